The third-order valence-corrected chi connectivity index (χ3v) is 3.51. The van der Waals surface area contributed by atoms with E-state index >= 15 is 0 Å². The lowest BCUT2D eigenvalue weighted by Crippen LogP contribution is -2.14. The summed E-state index contributed by atoms with van der Waals surface area (Å²) in [6, 6.07) is 11.1. The van der Waals surface area contributed by atoms with E-state index < -0.39 is 16.8 Å². The van der Waals surface area contributed by atoms with E-state index in [1.807, 2.05) is 0 Å². The van der Waals surface area contributed by atoms with E-state index in [1.54, 1.807) is 24.3 Å². The number of carbonyl (C=O) groups is 1. The zero-order valence-electron chi connectivity index (χ0n) is 10.9. The van der Waals surface area contributed by atoms with Crippen LogP contribution in [0.15, 0.2) is 42.5 Å². The second-order valence-corrected chi connectivity index (χ2v) is 4.74. The lowest BCUT2D eigenvalue weighted by molar-refractivity contribution is -0.384. The molecule has 0 aromatic heterocycles. The van der Waals surface area contributed by atoms with Crippen molar-refractivity contribution >= 4 is 11.7 Å². The zero-order chi connectivity index (χ0) is 15.0. The molecule has 2 aromatic carbocycles. The van der Waals surface area contributed by atoms with Crippen LogP contribution in [0.1, 0.15) is 22.6 Å². The van der Waals surface area contributed by atoms with Crippen molar-refractivity contribution in [2.45, 2.75) is 12.5 Å². The van der Waals surface area contributed by atoms with Gasteiger partial charge >= 0.3 is 5.97 Å². The van der Waals surface area contributed by atoms with Crippen LogP contribution in [-0.2, 0) is 11.4 Å². The summed E-state index contributed by atoms with van der Waals surface area (Å²) in [5.74, 6) is -1.67. The lowest BCUT2D eigenvalue weighted by Gasteiger charge is -2.14. The summed E-state index contributed by atoms with van der Waals surface area (Å²) in [6.45, 7) is 0.241. The van der Waals surface area contributed by atoms with Crippen LogP contribution in [0.5, 0.6) is 5.75 Å². The minimum atomic E-state index is -1.06. The van der Waals surface area contributed by atoms with E-state index in [2.05, 4.69) is 0 Å². The number of hydrogen-bond acceptors (Lipinski definition) is 4. The molecule has 0 saturated carbocycles. The summed E-state index contributed by atoms with van der Waals surface area (Å²) in [6.07, 6.45) is 0. The first kappa shape index (κ1) is 13.1. The summed E-state index contributed by atoms with van der Waals surface area (Å²) in [7, 11) is 0. The van der Waals surface area contributed by atoms with Crippen LogP contribution in [0.3, 0.4) is 0 Å². The van der Waals surface area contributed by atoms with E-state index in [4.69, 9.17) is 4.74 Å². The molecule has 0 spiro atoms. The quantitative estimate of drug-likeness (QED) is 0.676. The summed E-state index contributed by atoms with van der Waals surface area (Å²) in [4.78, 5) is 22.1. The van der Waals surface area contributed by atoms with Crippen LogP contribution in [0.4, 0.5) is 5.69 Å². The highest BCUT2D eigenvalue weighted by Gasteiger charge is 2.31. The molecule has 0 amide bonds. The van der Waals surface area contributed by atoms with E-state index in [9.17, 15) is 20.0 Å². The minimum Gasteiger partial charge on any atom is -0.489 e. The topological polar surface area (TPSA) is 89.7 Å². The van der Waals surface area contributed by atoms with Gasteiger partial charge < -0.3 is 9.84 Å². The summed E-state index contributed by atoms with van der Waals surface area (Å²) >= 11 is 0. The molecule has 1 heterocycles. The van der Waals surface area contributed by atoms with Crippen molar-refractivity contribution in [1.29, 1.82) is 0 Å². The minimum absolute atomic E-state index is 0.150. The molecular formula is C15H11NO5. The monoisotopic (exact) mass is 285 g/mol. The average Bonchev–Trinajstić information content (AvgIpc) is 2.62. The number of ether oxygens (including phenoxy) is 1. The summed E-state index contributed by atoms with van der Waals surface area (Å²) in [5, 5.41) is 20.5. The van der Waals surface area contributed by atoms with Crippen molar-refractivity contribution < 1.29 is 19.6 Å². The Morgan fingerprint density at radius 3 is 2.71 bits per heavy atom. The molecule has 1 unspecified atom stereocenters. The Kier molecular flexibility index (Phi) is 3.06. The van der Waals surface area contributed by atoms with Gasteiger partial charge in [-0.15, -0.1) is 0 Å². The van der Waals surface area contributed by atoms with Gasteiger partial charge in [-0.2, -0.15) is 0 Å². The number of nitro benzene ring substituents is 1. The highest BCUT2D eigenvalue weighted by molar-refractivity contribution is 5.82. The van der Waals surface area contributed by atoms with Crippen molar-refractivity contribution in [3.63, 3.8) is 0 Å². The molecule has 1 atom stereocenters. The molecule has 0 aliphatic carbocycles. The summed E-state index contributed by atoms with van der Waals surface area (Å²) in [5.41, 5.74) is 1.53. The maximum Gasteiger partial charge on any atom is 0.315 e. The first-order chi connectivity index (χ1) is 10.1. The van der Waals surface area contributed by atoms with Gasteiger partial charge in [0.05, 0.1) is 4.92 Å². The largest absolute Gasteiger partial charge is 0.489 e. The van der Waals surface area contributed by atoms with Crippen LogP contribution in [0.2, 0.25) is 0 Å². The molecule has 106 valence electrons. The molecule has 3 rings (SSSR count). The molecule has 6 heteroatoms. The van der Waals surface area contributed by atoms with Gasteiger partial charge in [-0.05, 0) is 17.2 Å². The first-order valence-corrected chi connectivity index (χ1v) is 6.29. The van der Waals surface area contributed by atoms with Gasteiger partial charge in [0.1, 0.15) is 18.3 Å². The molecule has 0 fully saturated rings. The molecule has 0 saturated heterocycles. The number of aliphatic carboxylic acids is 1. The van der Waals surface area contributed by atoms with Crippen molar-refractivity contribution in [3.05, 3.63) is 69.3 Å². The van der Waals surface area contributed by atoms with Gasteiger partial charge in [-0.3, -0.25) is 14.9 Å². The second-order valence-electron chi connectivity index (χ2n) is 4.74. The first-order valence-electron chi connectivity index (χ1n) is 6.29. The maximum atomic E-state index is 11.7. The molecule has 21 heavy (non-hydrogen) atoms. The van der Waals surface area contributed by atoms with Crippen LogP contribution >= 0.6 is 0 Å². The highest BCUT2D eigenvalue weighted by atomic mass is 16.6. The Morgan fingerprint density at radius 2 is 2.00 bits per heavy atom. The van der Waals surface area contributed by atoms with Crippen LogP contribution < -0.4 is 4.74 Å². The van der Waals surface area contributed by atoms with Crippen molar-refractivity contribution in [1.82, 2.24) is 0 Å². The third kappa shape index (κ3) is 2.20. The molecule has 0 radical (unpaired) electrons. The Balaban J connectivity index is 2.24. The van der Waals surface area contributed by atoms with Crippen molar-refractivity contribution in [2.75, 3.05) is 0 Å². The predicted octanol–water partition coefficient (Wildman–Crippen LogP) is 2.70. The number of carboxylic acids is 1. The molecule has 1 aliphatic heterocycles. The van der Waals surface area contributed by atoms with Gasteiger partial charge in [0.2, 0.25) is 0 Å². The molecule has 1 aliphatic rings. The van der Waals surface area contributed by atoms with Gasteiger partial charge in [-0.1, -0.05) is 24.3 Å². The van der Waals surface area contributed by atoms with Crippen LogP contribution in [-0.4, -0.2) is 16.0 Å². The SMILES string of the molecule is O=C(O)C1c2ccccc2COc2ccc([N+](=O)[O-])cc21. The van der Waals surface area contributed by atoms with Gasteiger partial charge in [0.25, 0.3) is 5.69 Å². The fourth-order valence-corrected chi connectivity index (χ4v) is 2.54. The number of nitrogens with zero attached hydrogens (tertiary/aromatic N) is 1. The van der Waals surface area contributed by atoms with E-state index in [0.717, 1.165) is 5.56 Å². The lowest BCUT2D eigenvalue weighted by atomic mass is 9.88. The second kappa shape index (κ2) is 4.90. The molecule has 0 bridgehead atoms. The van der Waals surface area contributed by atoms with Gasteiger partial charge in [-0.25, -0.2) is 0 Å². The number of nitro groups is 1. The molecule has 6 nitrogen and oxygen atoms in total. The average molecular weight is 285 g/mol. The number of fused-ring (bicyclic) bond motifs is 2. The highest BCUT2D eigenvalue weighted by Crippen LogP contribution is 2.39. The fraction of sp³-hybridized carbons (Fsp3) is 0.133. The van der Waals surface area contributed by atoms with E-state index in [1.165, 1.54) is 18.2 Å². The van der Waals surface area contributed by atoms with Crippen molar-refractivity contribution in [2.24, 2.45) is 0 Å². The molecular weight excluding hydrogens is 274 g/mol. The number of rotatable bonds is 2. The van der Waals surface area contributed by atoms with Gasteiger partial charge in [0.15, 0.2) is 0 Å². The molecule has 1 N–H and O–H groups in total. The van der Waals surface area contributed by atoms with Crippen LogP contribution in [0, 0.1) is 10.1 Å². The smallest absolute Gasteiger partial charge is 0.315 e. The number of non-ortho nitro benzene ring substituents is 1. The standard InChI is InChI=1S/C15H11NO5/c17-15(18)14-11-4-2-1-3-9(11)8-21-13-6-5-10(16(19)20)7-12(13)14/h1-7,14H,8H2,(H,17,18). The number of hydrogen-bond donors (Lipinski definition) is 1. The Morgan fingerprint density at radius 1 is 1.24 bits per heavy atom. The predicted molar refractivity (Wildman–Crippen MR) is 73.3 cm³/mol. The molecule has 2 aromatic rings. The number of benzene rings is 2. The van der Waals surface area contributed by atoms with Crippen molar-refractivity contribution in [3.8, 4) is 5.75 Å². The van der Waals surface area contributed by atoms with Crippen LogP contribution in [0.25, 0.3) is 0 Å². The zero-order valence-corrected chi connectivity index (χ0v) is 10.9. The fourth-order valence-electron chi connectivity index (χ4n) is 2.54. The maximum absolute atomic E-state index is 11.7. The van der Waals surface area contributed by atoms with E-state index in [-0.39, 0.29) is 12.3 Å². The van der Waals surface area contributed by atoms with Gasteiger partial charge in [0, 0.05) is 17.7 Å². The summed E-state index contributed by atoms with van der Waals surface area (Å²) < 4.78 is 5.60. The number of carboxylic acid groups (broad SMARTS) is 1. The van der Waals surface area contributed by atoms with E-state index in [0.29, 0.717) is 16.9 Å². The Hall–Kier alpha value is -2.89. The Labute approximate surface area is 119 Å². The Bertz CT molecular complexity index is 741. The normalized spacial score (nSPS) is 16.1. The third-order valence-electron chi connectivity index (χ3n) is 3.51.